The lowest BCUT2D eigenvalue weighted by atomic mass is 9.92. The molecule has 1 fully saturated rings. The molecule has 3 aromatic rings. The summed E-state index contributed by atoms with van der Waals surface area (Å²) in [5.74, 6) is -1.42. The van der Waals surface area contributed by atoms with Crippen LogP contribution < -0.4 is 9.64 Å². The van der Waals surface area contributed by atoms with Gasteiger partial charge in [0.25, 0.3) is 11.7 Å². The second kappa shape index (κ2) is 9.73. The van der Waals surface area contributed by atoms with Crippen molar-refractivity contribution in [2.75, 3.05) is 19.1 Å². The van der Waals surface area contributed by atoms with Gasteiger partial charge in [-0.3, -0.25) is 14.5 Å². The van der Waals surface area contributed by atoms with Crippen LogP contribution in [0.4, 0.5) is 5.69 Å². The average molecular weight is 490 g/mol. The van der Waals surface area contributed by atoms with E-state index >= 15 is 0 Å². The molecule has 4 rings (SSSR count). The van der Waals surface area contributed by atoms with Gasteiger partial charge in [-0.05, 0) is 72.5 Å². The minimum absolute atomic E-state index is 0.0868. The van der Waals surface area contributed by atoms with Crippen LogP contribution in [0.25, 0.3) is 5.76 Å². The Morgan fingerprint density at radius 2 is 1.78 bits per heavy atom. The Kier molecular flexibility index (Phi) is 6.70. The number of hydrogen-bond donors (Lipinski definition) is 1. The van der Waals surface area contributed by atoms with Gasteiger partial charge in [-0.2, -0.15) is 0 Å². The molecule has 0 radical (unpaired) electrons. The number of carbonyl (C=O) groups excluding carboxylic acids is 3. The van der Waals surface area contributed by atoms with E-state index in [9.17, 15) is 19.5 Å². The summed E-state index contributed by atoms with van der Waals surface area (Å²) < 4.78 is 15.8. The third-order valence-corrected chi connectivity index (χ3v) is 6.28. The molecule has 0 saturated carbocycles. The molecule has 0 spiro atoms. The van der Waals surface area contributed by atoms with E-state index in [1.165, 1.54) is 30.4 Å². The lowest BCUT2D eigenvalue weighted by molar-refractivity contribution is -0.132. The maximum absolute atomic E-state index is 13.3. The maximum Gasteiger partial charge on any atom is 0.337 e. The first-order valence-corrected chi connectivity index (χ1v) is 11.4. The highest BCUT2D eigenvalue weighted by Gasteiger charge is 2.48. The number of benzene rings is 2. The molecule has 36 heavy (non-hydrogen) atoms. The number of aryl methyl sites for hydroxylation is 1. The van der Waals surface area contributed by atoms with Gasteiger partial charge in [0.15, 0.2) is 0 Å². The van der Waals surface area contributed by atoms with Crippen molar-refractivity contribution in [2.45, 2.75) is 32.7 Å². The highest BCUT2D eigenvalue weighted by atomic mass is 16.5. The number of aliphatic hydroxyl groups excluding tert-OH is 1. The van der Waals surface area contributed by atoms with Crippen molar-refractivity contribution in [1.82, 2.24) is 0 Å². The van der Waals surface area contributed by atoms with E-state index in [1.54, 1.807) is 50.4 Å². The average Bonchev–Trinajstić information content (AvgIpc) is 3.49. The van der Waals surface area contributed by atoms with Gasteiger partial charge < -0.3 is 19.0 Å². The molecule has 2 aromatic carbocycles. The molecule has 1 N–H and O–H groups in total. The molecule has 0 bridgehead atoms. The van der Waals surface area contributed by atoms with Crippen LogP contribution in [-0.4, -0.2) is 37.0 Å². The molecule has 8 heteroatoms. The molecular formula is C28H27NO7. The number of ether oxygens (including phenoxy) is 2. The number of Topliss-reactive ketones (excluding diaryl/α,β-unsaturated/α-hetero) is 1. The summed E-state index contributed by atoms with van der Waals surface area (Å²) in [5, 5.41) is 11.5. The minimum atomic E-state index is -1.01. The van der Waals surface area contributed by atoms with E-state index in [1.807, 2.05) is 13.8 Å². The highest BCUT2D eigenvalue weighted by Crippen LogP contribution is 2.43. The fraction of sp³-hybridized carbons (Fsp3) is 0.250. The molecule has 1 aliphatic heterocycles. The van der Waals surface area contributed by atoms with E-state index in [4.69, 9.17) is 13.9 Å². The summed E-state index contributed by atoms with van der Waals surface area (Å²) in [7, 11) is 2.85. The zero-order valence-corrected chi connectivity index (χ0v) is 20.7. The smallest absolute Gasteiger partial charge is 0.337 e. The standard InChI is InChI=1S/C28H27NO7/c1-15(2)19-14-20(16(3)13-22(19)34-4)25(30)23-24(21-7-6-12-36-21)29(27(32)26(23)31)18-10-8-17(9-11-18)28(33)35-5/h6-15,24,30H,1-5H3/b25-23+. The van der Waals surface area contributed by atoms with E-state index in [0.29, 0.717) is 33.9 Å². The molecule has 2 heterocycles. The van der Waals surface area contributed by atoms with Crippen molar-refractivity contribution in [1.29, 1.82) is 0 Å². The molecule has 0 aliphatic carbocycles. The SMILES string of the molecule is COC(=O)c1ccc(N2C(=O)C(=O)/C(=C(/O)c3cc(C(C)C)c(OC)cc3C)C2c2ccco2)cc1. The second-order valence-electron chi connectivity index (χ2n) is 8.79. The Labute approximate surface area is 208 Å². The molecule has 8 nitrogen and oxygen atoms in total. The lowest BCUT2D eigenvalue weighted by Crippen LogP contribution is -2.29. The van der Waals surface area contributed by atoms with Crippen LogP contribution in [0.15, 0.2) is 64.8 Å². The van der Waals surface area contributed by atoms with Crippen molar-refractivity contribution in [3.05, 3.63) is 88.4 Å². The summed E-state index contributed by atoms with van der Waals surface area (Å²) in [4.78, 5) is 39.7. The number of hydrogen-bond acceptors (Lipinski definition) is 7. The van der Waals surface area contributed by atoms with Crippen molar-refractivity contribution in [2.24, 2.45) is 0 Å². The number of ketones is 1. The van der Waals surface area contributed by atoms with Crippen LogP contribution in [0.3, 0.4) is 0 Å². The Balaban J connectivity index is 1.90. The van der Waals surface area contributed by atoms with Gasteiger partial charge in [0, 0.05) is 11.3 Å². The largest absolute Gasteiger partial charge is 0.507 e. The molecule has 1 amide bonds. The summed E-state index contributed by atoms with van der Waals surface area (Å²) in [6.07, 6.45) is 1.44. The zero-order chi connectivity index (χ0) is 26.1. The van der Waals surface area contributed by atoms with Crippen LogP contribution in [0.2, 0.25) is 0 Å². The topological polar surface area (TPSA) is 106 Å². The molecule has 1 saturated heterocycles. The summed E-state index contributed by atoms with van der Waals surface area (Å²) >= 11 is 0. The third-order valence-electron chi connectivity index (χ3n) is 6.28. The van der Waals surface area contributed by atoms with Gasteiger partial charge in [0.05, 0.1) is 31.6 Å². The number of aliphatic hydroxyl groups is 1. The molecule has 186 valence electrons. The van der Waals surface area contributed by atoms with Gasteiger partial charge >= 0.3 is 5.97 Å². The number of esters is 1. The molecule has 1 aliphatic rings. The predicted octanol–water partition coefficient (Wildman–Crippen LogP) is 5.13. The van der Waals surface area contributed by atoms with Crippen LogP contribution >= 0.6 is 0 Å². The molecule has 1 aromatic heterocycles. The Morgan fingerprint density at radius 1 is 1.08 bits per heavy atom. The number of methoxy groups -OCH3 is 2. The van der Waals surface area contributed by atoms with Gasteiger partial charge in [0.1, 0.15) is 23.3 Å². The van der Waals surface area contributed by atoms with Gasteiger partial charge in [-0.1, -0.05) is 13.8 Å². The summed E-state index contributed by atoms with van der Waals surface area (Å²) in [5.41, 5.74) is 2.53. The van der Waals surface area contributed by atoms with Crippen LogP contribution in [-0.2, 0) is 14.3 Å². The molecular weight excluding hydrogens is 462 g/mol. The normalized spacial score (nSPS) is 17.1. The molecule has 1 atom stereocenters. The first-order chi connectivity index (χ1) is 17.2. The van der Waals surface area contributed by atoms with Gasteiger partial charge in [0.2, 0.25) is 0 Å². The van der Waals surface area contributed by atoms with Crippen molar-refractivity contribution < 1.29 is 33.4 Å². The first kappa shape index (κ1) is 24.8. The highest BCUT2D eigenvalue weighted by molar-refractivity contribution is 6.51. The quantitative estimate of drug-likeness (QED) is 0.221. The zero-order valence-electron chi connectivity index (χ0n) is 20.7. The van der Waals surface area contributed by atoms with Crippen LogP contribution in [0.5, 0.6) is 5.75 Å². The van der Waals surface area contributed by atoms with E-state index in [0.717, 1.165) is 5.56 Å². The van der Waals surface area contributed by atoms with Crippen molar-refractivity contribution in [3.63, 3.8) is 0 Å². The van der Waals surface area contributed by atoms with Crippen LogP contribution in [0.1, 0.15) is 58.6 Å². The van der Waals surface area contributed by atoms with E-state index < -0.39 is 23.7 Å². The Bertz CT molecular complexity index is 1350. The Hall–Kier alpha value is -4.33. The van der Waals surface area contributed by atoms with Crippen molar-refractivity contribution >= 4 is 29.1 Å². The van der Waals surface area contributed by atoms with E-state index in [2.05, 4.69) is 0 Å². The predicted molar refractivity (Wildman–Crippen MR) is 133 cm³/mol. The number of rotatable bonds is 6. The number of furan rings is 1. The Morgan fingerprint density at radius 3 is 2.33 bits per heavy atom. The molecule has 1 unspecified atom stereocenters. The number of carbonyl (C=O) groups is 3. The summed E-state index contributed by atoms with van der Waals surface area (Å²) in [6, 6.07) is 12.0. The third kappa shape index (κ3) is 4.15. The number of amides is 1. The fourth-order valence-corrected chi connectivity index (χ4v) is 4.42. The van der Waals surface area contributed by atoms with Gasteiger partial charge in [-0.15, -0.1) is 0 Å². The van der Waals surface area contributed by atoms with Crippen molar-refractivity contribution in [3.8, 4) is 5.75 Å². The van der Waals surface area contributed by atoms with Gasteiger partial charge in [-0.25, -0.2) is 4.79 Å². The monoisotopic (exact) mass is 489 g/mol. The number of nitrogens with zero attached hydrogens (tertiary/aromatic N) is 1. The minimum Gasteiger partial charge on any atom is -0.507 e. The maximum atomic E-state index is 13.3. The van der Waals surface area contributed by atoms with Crippen LogP contribution in [0, 0.1) is 6.92 Å². The second-order valence-corrected chi connectivity index (χ2v) is 8.79. The fourth-order valence-electron chi connectivity index (χ4n) is 4.42. The summed E-state index contributed by atoms with van der Waals surface area (Å²) in [6.45, 7) is 5.79. The first-order valence-electron chi connectivity index (χ1n) is 11.4. The lowest BCUT2D eigenvalue weighted by Gasteiger charge is -2.24. The van der Waals surface area contributed by atoms with E-state index in [-0.39, 0.29) is 17.3 Å². The number of anilines is 1.